The van der Waals surface area contributed by atoms with Crippen LogP contribution in [0.25, 0.3) is 0 Å². The molecule has 0 radical (unpaired) electrons. The lowest BCUT2D eigenvalue weighted by molar-refractivity contribution is -0.119. The van der Waals surface area contributed by atoms with E-state index in [0.29, 0.717) is 17.0 Å². The van der Waals surface area contributed by atoms with Crippen molar-refractivity contribution in [3.63, 3.8) is 0 Å². The van der Waals surface area contributed by atoms with Gasteiger partial charge in [-0.25, -0.2) is 0 Å². The van der Waals surface area contributed by atoms with Crippen LogP contribution >= 0.6 is 0 Å². The third-order valence-corrected chi connectivity index (χ3v) is 6.17. The fraction of sp³-hybridized carbons (Fsp3) is 0.407. The summed E-state index contributed by atoms with van der Waals surface area (Å²) in [6, 6.07) is 14.4. The number of amides is 1. The average molecular weight is 449 g/mol. The maximum Gasteiger partial charge on any atom is 0.294 e. The van der Waals surface area contributed by atoms with Crippen molar-refractivity contribution in [3.8, 4) is 5.75 Å². The Morgan fingerprint density at radius 3 is 2.18 bits per heavy atom. The molecule has 0 saturated carbocycles. The van der Waals surface area contributed by atoms with Crippen molar-refractivity contribution in [2.24, 2.45) is 5.92 Å². The van der Waals surface area contributed by atoms with Gasteiger partial charge < -0.3 is 14.7 Å². The summed E-state index contributed by atoms with van der Waals surface area (Å²) in [6.45, 7) is 9.46. The Labute approximate surface area is 195 Å². The van der Waals surface area contributed by atoms with Crippen LogP contribution in [0.3, 0.4) is 0 Å². The SMILES string of the molecule is CC(C)Oc1ccccc1C1C(C(=O)C(C)C)=C(O)C(=O)N1c1ccc(N2CCCC2)cc1. The zero-order valence-corrected chi connectivity index (χ0v) is 19.7. The van der Waals surface area contributed by atoms with Gasteiger partial charge in [0.2, 0.25) is 0 Å². The van der Waals surface area contributed by atoms with E-state index in [-0.39, 0.29) is 23.4 Å². The van der Waals surface area contributed by atoms with Gasteiger partial charge in [-0.3, -0.25) is 14.5 Å². The van der Waals surface area contributed by atoms with E-state index in [0.717, 1.165) is 18.8 Å². The van der Waals surface area contributed by atoms with Gasteiger partial charge in [0.05, 0.1) is 17.7 Å². The molecule has 1 fully saturated rings. The number of Topliss-reactive ketones (excluding diaryl/α,β-unsaturated/α-hetero) is 1. The summed E-state index contributed by atoms with van der Waals surface area (Å²) in [5.74, 6) is -1.08. The van der Waals surface area contributed by atoms with E-state index in [1.165, 1.54) is 17.7 Å². The average Bonchev–Trinajstić information content (AvgIpc) is 3.41. The number of ketones is 1. The topological polar surface area (TPSA) is 70.1 Å². The molecule has 1 amide bonds. The molecule has 4 rings (SSSR count). The van der Waals surface area contributed by atoms with Crippen LogP contribution in [0.5, 0.6) is 5.75 Å². The van der Waals surface area contributed by atoms with E-state index in [4.69, 9.17) is 4.74 Å². The van der Waals surface area contributed by atoms with Crippen molar-refractivity contribution in [2.45, 2.75) is 52.7 Å². The molecule has 0 spiro atoms. The molecule has 0 aliphatic carbocycles. The van der Waals surface area contributed by atoms with Crippen molar-refractivity contribution in [1.29, 1.82) is 0 Å². The summed E-state index contributed by atoms with van der Waals surface area (Å²) in [7, 11) is 0. The highest BCUT2D eigenvalue weighted by Crippen LogP contribution is 2.45. The van der Waals surface area contributed by atoms with Crippen molar-refractivity contribution < 1.29 is 19.4 Å². The van der Waals surface area contributed by atoms with Gasteiger partial charge in [0.1, 0.15) is 5.75 Å². The number of carbonyl (C=O) groups is 2. The summed E-state index contributed by atoms with van der Waals surface area (Å²) in [5.41, 5.74) is 2.54. The molecule has 2 aliphatic rings. The quantitative estimate of drug-likeness (QED) is 0.631. The molecule has 2 aliphatic heterocycles. The van der Waals surface area contributed by atoms with Crippen molar-refractivity contribution >= 4 is 23.1 Å². The van der Waals surface area contributed by atoms with E-state index in [1.54, 1.807) is 13.8 Å². The highest BCUT2D eigenvalue weighted by Gasteiger charge is 2.45. The smallest absolute Gasteiger partial charge is 0.294 e. The van der Waals surface area contributed by atoms with Gasteiger partial charge >= 0.3 is 0 Å². The summed E-state index contributed by atoms with van der Waals surface area (Å²) < 4.78 is 6.03. The number of anilines is 2. The van der Waals surface area contributed by atoms with E-state index >= 15 is 0 Å². The first kappa shape index (κ1) is 22.9. The van der Waals surface area contributed by atoms with Crippen LogP contribution in [0.1, 0.15) is 52.1 Å². The lowest BCUT2D eigenvalue weighted by Gasteiger charge is -2.29. The number of aliphatic hydroxyl groups excluding tert-OH is 1. The summed E-state index contributed by atoms with van der Waals surface area (Å²) in [6.07, 6.45) is 2.28. The Morgan fingerprint density at radius 2 is 1.58 bits per heavy atom. The second-order valence-corrected chi connectivity index (χ2v) is 9.27. The van der Waals surface area contributed by atoms with Crippen LogP contribution in [-0.2, 0) is 9.59 Å². The third-order valence-electron chi connectivity index (χ3n) is 6.17. The predicted molar refractivity (Wildman–Crippen MR) is 130 cm³/mol. The van der Waals surface area contributed by atoms with Crippen molar-refractivity contribution in [1.82, 2.24) is 0 Å². The van der Waals surface area contributed by atoms with Gasteiger partial charge in [-0.2, -0.15) is 0 Å². The highest BCUT2D eigenvalue weighted by atomic mass is 16.5. The number of ether oxygens (including phenoxy) is 1. The molecule has 2 aromatic carbocycles. The molecule has 1 atom stereocenters. The van der Waals surface area contributed by atoms with Crippen molar-refractivity contribution in [3.05, 3.63) is 65.4 Å². The molecule has 1 saturated heterocycles. The van der Waals surface area contributed by atoms with Gasteiger partial charge in [0, 0.05) is 35.9 Å². The first-order valence-corrected chi connectivity index (χ1v) is 11.7. The molecule has 0 aromatic heterocycles. The third kappa shape index (κ3) is 4.34. The number of benzene rings is 2. The Balaban J connectivity index is 1.81. The zero-order chi connectivity index (χ0) is 23.7. The minimum Gasteiger partial charge on any atom is -0.503 e. The van der Waals surface area contributed by atoms with E-state index in [9.17, 15) is 14.7 Å². The molecule has 1 N–H and O–H groups in total. The molecule has 6 nitrogen and oxygen atoms in total. The Morgan fingerprint density at radius 1 is 0.970 bits per heavy atom. The number of hydrogen-bond donors (Lipinski definition) is 1. The number of rotatable bonds is 7. The molecule has 33 heavy (non-hydrogen) atoms. The fourth-order valence-electron chi connectivity index (χ4n) is 4.60. The Kier molecular flexibility index (Phi) is 6.45. The molecular formula is C27H32N2O4. The zero-order valence-electron chi connectivity index (χ0n) is 19.7. The van der Waals surface area contributed by atoms with Gasteiger partial charge in [-0.1, -0.05) is 32.0 Å². The van der Waals surface area contributed by atoms with Crippen LogP contribution in [0.15, 0.2) is 59.9 Å². The Bertz CT molecular complexity index is 1070. The number of aliphatic hydroxyl groups is 1. The van der Waals surface area contributed by atoms with Gasteiger partial charge in [0.15, 0.2) is 11.5 Å². The molecule has 2 aromatic rings. The lowest BCUT2D eigenvalue weighted by Crippen LogP contribution is -2.32. The van der Waals surface area contributed by atoms with E-state index < -0.39 is 17.7 Å². The standard InChI is InChI=1S/C27H32N2O4/c1-17(2)25(30)23-24(21-9-5-6-10-22(21)33-18(3)4)29(27(32)26(23)31)20-13-11-19(12-14-20)28-15-7-8-16-28/h5-6,9-14,17-18,24,31H,7-8,15-16H2,1-4H3. The lowest BCUT2D eigenvalue weighted by atomic mass is 9.90. The maximum atomic E-state index is 13.3. The van der Waals surface area contributed by atoms with Gasteiger partial charge in [0.25, 0.3) is 5.91 Å². The summed E-state index contributed by atoms with van der Waals surface area (Å²) >= 11 is 0. The Hall–Kier alpha value is -3.28. The number of nitrogens with zero attached hydrogens (tertiary/aromatic N) is 2. The second-order valence-electron chi connectivity index (χ2n) is 9.27. The normalized spacial score (nSPS) is 18.7. The predicted octanol–water partition coefficient (Wildman–Crippen LogP) is 5.20. The van der Waals surface area contributed by atoms with Crippen LogP contribution in [0, 0.1) is 5.92 Å². The van der Waals surface area contributed by atoms with Crippen LogP contribution in [0.4, 0.5) is 11.4 Å². The van der Waals surface area contributed by atoms with Crippen LogP contribution < -0.4 is 14.5 Å². The van der Waals surface area contributed by atoms with Crippen LogP contribution in [-0.4, -0.2) is 36.0 Å². The number of para-hydroxylation sites is 1. The molecule has 2 heterocycles. The minimum absolute atomic E-state index is 0.0849. The van der Waals surface area contributed by atoms with E-state index in [1.807, 2.05) is 62.4 Å². The first-order chi connectivity index (χ1) is 15.8. The summed E-state index contributed by atoms with van der Waals surface area (Å²) in [5, 5.41) is 10.9. The largest absolute Gasteiger partial charge is 0.503 e. The monoisotopic (exact) mass is 448 g/mol. The summed E-state index contributed by atoms with van der Waals surface area (Å²) in [4.78, 5) is 30.3. The molecule has 6 heteroatoms. The van der Waals surface area contributed by atoms with E-state index in [2.05, 4.69) is 4.90 Å². The number of carbonyl (C=O) groups excluding carboxylic acids is 2. The molecule has 1 unspecified atom stereocenters. The fourth-order valence-corrected chi connectivity index (χ4v) is 4.60. The van der Waals surface area contributed by atoms with Gasteiger partial charge in [-0.05, 0) is 57.0 Å². The van der Waals surface area contributed by atoms with Crippen LogP contribution in [0.2, 0.25) is 0 Å². The molecular weight excluding hydrogens is 416 g/mol. The highest BCUT2D eigenvalue weighted by molar-refractivity contribution is 6.17. The second kappa shape index (κ2) is 9.30. The number of hydrogen-bond acceptors (Lipinski definition) is 5. The molecule has 0 bridgehead atoms. The van der Waals surface area contributed by atoms with Crippen molar-refractivity contribution in [2.75, 3.05) is 22.9 Å². The molecule has 174 valence electrons. The van der Waals surface area contributed by atoms with Gasteiger partial charge in [-0.15, -0.1) is 0 Å². The minimum atomic E-state index is -0.764. The first-order valence-electron chi connectivity index (χ1n) is 11.7. The maximum absolute atomic E-state index is 13.3.